The molecule has 22 heteroatoms. The summed E-state index contributed by atoms with van der Waals surface area (Å²) in [4.78, 5) is 98.4. The molecule has 1 aromatic heterocycles. The van der Waals surface area contributed by atoms with Crippen molar-refractivity contribution in [1.82, 2.24) is 42.5 Å². The molecule has 2 aromatic rings. The fourth-order valence-corrected chi connectivity index (χ4v) is 6.34. The number of aliphatic imine (C=N–C) groups is 1. The van der Waals surface area contributed by atoms with Crippen LogP contribution in [0.5, 0.6) is 0 Å². The zero-order valence-corrected chi connectivity index (χ0v) is 32.1. The molecule has 2 aliphatic heterocycles. The molecule has 4 rings (SSSR count). The van der Waals surface area contributed by atoms with Gasteiger partial charge in [0, 0.05) is 48.9 Å². The molecule has 1 aromatic carbocycles. The predicted molar refractivity (Wildman–Crippen MR) is 213 cm³/mol. The average molecular weight is 811 g/mol. The predicted octanol–water partition coefficient (Wildman–Crippen LogP) is -3.33. The van der Waals surface area contributed by atoms with E-state index in [0.717, 1.165) is 16.6 Å². The summed E-state index contributed by atoms with van der Waals surface area (Å²) in [6, 6.07) is 3.27. The van der Waals surface area contributed by atoms with Gasteiger partial charge in [0.1, 0.15) is 29.9 Å². The second kappa shape index (κ2) is 21.3. The van der Waals surface area contributed by atoms with Crippen LogP contribution in [0.1, 0.15) is 32.6 Å². The van der Waals surface area contributed by atoms with Gasteiger partial charge < -0.3 is 70.8 Å². The van der Waals surface area contributed by atoms with Crippen molar-refractivity contribution < 1.29 is 33.6 Å². The van der Waals surface area contributed by atoms with Gasteiger partial charge in [0.2, 0.25) is 29.5 Å². The molecule has 2 aliphatic rings. The summed E-state index contributed by atoms with van der Waals surface area (Å²) in [5, 5.41) is 24.7. The van der Waals surface area contributed by atoms with E-state index in [1.165, 1.54) is 6.92 Å². The Balaban J connectivity index is 1.62. The number of thiophene rings is 1. The number of hydrogen-bond acceptors (Lipinski definition) is 14. The van der Waals surface area contributed by atoms with Gasteiger partial charge >= 0.3 is 6.03 Å². The summed E-state index contributed by atoms with van der Waals surface area (Å²) in [7, 11) is 0. The number of benzene rings is 1. The van der Waals surface area contributed by atoms with Crippen molar-refractivity contribution in [3.63, 3.8) is 0 Å². The fraction of sp³-hybridized carbons (Fsp3) is 0.429. The lowest BCUT2D eigenvalue weighted by molar-refractivity contribution is -0.133. The van der Waals surface area contributed by atoms with E-state index in [-0.39, 0.29) is 31.9 Å². The van der Waals surface area contributed by atoms with Crippen molar-refractivity contribution in [3.05, 3.63) is 53.7 Å². The standard InChI is InChI=1S/C35H50N14O7S/c1-18-29(51)46-24(16-41-27(50)14-20(37)4-2-11-36)31(53)47-25(17-43-35(56)45-21-8-6-19(7-9-21)26-5-3-13-57-26)32(54)49-28(23-10-12-40-34(39)48-23)33(55)42-15-22(38)30(52)44-18/h3,5-9,13,17-18,20,22-24,28H,2,4,10-12,14-16,36-38H2,1H3,(H,41,50)(H,42,55)(H,44,52)(H,46,51)(H,47,53)(H,49,54)(H3,39,40,48)(H2,43,45,56)/b25-17-/t18-,20-,22?,23?,24-,28-/m0/s1. The summed E-state index contributed by atoms with van der Waals surface area (Å²) in [6.07, 6.45) is 2.10. The maximum Gasteiger partial charge on any atom is 0.323 e. The summed E-state index contributed by atoms with van der Waals surface area (Å²) < 4.78 is 0. The third-order valence-corrected chi connectivity index (χ3v) is 9.69. The highest BCUT2D eigenvalue weighted by Crippen LogP contribution is 2.25. The van der Waals surface area contributed by atoms with Gasteiger partial charge in [-0.3, -0.25) is 33.8 Å². The van der Waals surface area contributed by atoms with Crippen LogP contribution >= 0.6 is 11.3 Å². The number of carbonyl (C=O) groups excluding carboxylic acids is 7. The highest BCUT2D eigenvalue weighted by molar-refractivity contribution is 7.13. The third kappa shape index (κ3) is 13.6. The topological polar surface area (TPSA) is 344 Å². The molecule has 6 atom stereocenters. The molecule has 57 heavy (non-hydrogen) atoms. The van der Waals surface area contributed by atoms with Crippen LogP contribution in [0.2, 0.25) is 0 Å². The minimum Gasteiger partial charge on any atom is -0.370 e. The van der Waals surface area contributed by atoms with Gasteiger partial charge in [-0.05, 0) is 61.9 Å². The lowest BCUT2D eigenvalue weighted by Gasteiger charge is -2.31. The first kappa shape index (κ1) is 43.6. The SMILES string of the molecule is C[C@@H]1NC(=O)C(N)CNC(=O)[C@H](C2CCN=C(N)N2)NC(=O)/C(=C/NC(=O)Nc2ccc(-c3cccs3)cc2)NC(=O)[C@H](CNC(=O)C[C@@H](N)CCCN)NC1=O. The van der Waals surface area contributed by atoms with Gasteiger partial charge in [0.05, 0.1) is 6.04 Å². The van der Waals surface area contributed by atoms with Crippen molar-refractivity contribution in [2.24, 2.45) is 27.9 Å². The molecule has 8 amide bonds. The summed E-state index contributed by atoms with van der Waals surface area (Å²) >= 11 is 1.56. The molecule has 2 unspecified atom stereocenters. The van der Waals surface area contributed by atoms with Crippen LogP contribution in [0.15, 0.2) is 58.7 Å². The summed E-state index contributed by atoms with van der Waals surface area (Å²) in [6.45, 7) is 1.07. The molecular formula is C35H50N14O7S. The molecule has 1 fully saturated rings. The number of nitrogens with two attached hydrogens (primary N) is 4. The maximum absolute atomic E-state index is 14.0. The number of hydrogen-bond donors (Lipinski definition) is 13. The van der Waals surface area contributed by atoms with Gasteiger partial charge in [-0.1, -0.05) is 18.2 Å². The minimum absolute atomic E-state index is 0.0114. The zero-order chi connectivity index (χ0) is 41.5. The molecule has 0 radical (unpaired) electrons. The van der Waals surface area contributed by atoms with Crippen molar-refractivity contribution in [2.45, 2.75) is 68.9 Å². The lowest BCUT2D eigenvalue weighted by atomic mass is 10.0. The number of anilines is 1. The molecule has 308 valence electrons. The van der Waals surface area contributed by atoms with Gasteiger partial charge in [-0.25, -0.2) is 4.79 Å². The van der Waals surface area contributed by atoms with E-state index < -0.39 is 90.0 Å². The smallest absolute Gasteiger partial charge is 0.323 e. The first-order valence-corrected chi connectivity index (χ1v) is 19.1. The Bertz CT molecular complexity index is 1820. The molecular weight excluding hydrogens is 761 g/mol. The van der Waals surface area contributed by atoms with Crippen molar-refractivity contribution in [1.29, 1.82) is 0 Å². The molecule has 21 nitrogen and oxygen atoms in total. The zero-order valence-electron chi connectivity index (χ0n) is 31.3. The first-order chi connectivity index (χ1) is 27.2. The van der Waals surface area contributed by atoms with Crippen molar-refractivity contribution in [3.8, 4) is 10.4 Å². The molecule has 3 heterocycles. The minimum atomic E-state index is -1.54. The van der Waals surface area contributed by atoms with E-state index in [1.54, 1.807) is 23.5 Å². The van der Waals surface area contributed by atoms with Crippen molar-refractivity contribution >= 4 is 64.5 Å². The fourth-order valence-electron chi connectivity index (χ4n) is 5.61. The molecule has 0 aliphatic carbocycles. The Kier molecular flexibility index (Phi) is 16.3. The number of guanidine groups is 1. The molecule has 0 saturated carbocycles. The molecule has 0 bridgehead atoms. The summed E-state index contributed by atoms with van der Waals surface area (Å²) in [5.74, 6) is -5.00. The Morgan fingerprint density at radius 3 is 2.44 bits per heavy atom. The number of carbonyl (C=O) groups is 7. The number of urea groups is 1. The number of nitrogens with zero attached hydrogens (tertiary/aromatic N) is 1. The third-order valence-electron chi connectivity index (χ3n) is 8.77. The molecule has 1 saturated heterocycles. The van der Waals surface area contributed by atoms with E-state index >= 15 is 0 Å². The quantitative estimate of drug-likeness (QED) is 0.0992. The van der Waals surface area contributed by atoms with E-state index in [9.17, 15) is 33.6 Å². The van der Waals surface area contributed by atoms with Crippen LogP contribution in [0.25, 0.3) is 10.4 Å². The van der Waals surface area contributed by atoms with Crippen LogP contribution in [-0.2, 0) is 28.8 Å². The van der Waals surface area contributed by atoms with Crippen LogP contribution in [0.4, 0.5) is 10.5 Å². The van der Waals surface area contributed by atoms with Gasteiger partial charge in [-0.2, -0.15) is 0 Å². The van der Waals surface area contributed by atoms with Crippen LogP contribution < -0.4 is 70.8 Å². The Hall–Kier alpha value is -6.10. The van der Waals surface area contributed by atoms with E-state index in [1.807, 2.05) is 29.6 Å². The van der Waals surface area contributed by atoms with Crippen molar-refractivity contribution in [2.75, 3.05) is 31.5 Å². The molecule has 0 spiro atoms. The van der Waals surface area contributed by atoms with Crippen LogP contribution in [0, 0.1) is 0 Å². The number of rotatable bonds is 11. The maximum atomic E-state index is 14.0. The highest BCUT2D eigenvalue weighted by Gasteiger charge is 2.35. The van der Waals surface area contributed by atoms with Crippen LogP contribution in [0.3, 0.4) is 0 Å². The normalized spacial score (nSPS) is 23.6. The van der Waals surface area contributed by atoms with E-state index in [2.05, 4.69) is 52.8 Å². The van der Waals surface area contributed by atoms with E-state index in [0.29, 0.717) is 25.1 Å². The first-order valence-electron chi connectivity index (χ1n) is 18.2. The second-order valence-electron chi connectivity index (χ2n) is 13.3. The number of nitrogens with one attached hydrogen (secondary N) is 9. The largest absolute Gasteiger partial charge is 0.370 e. The second-order valence-corrected chi connectivity index (χ2v) is 14.2. The Morgan fingerprint density at radius 2 is 1.75 bits per heavy atom. The Labute approximate surface area is 332 Å². The summed E-state index contributed by atoms with van der Waals surface area (Å²) in [5.41, 5.74) is 24.2. The van der Waals surface area contributed by atoms with E-state index in [4.69, 9.17) is 22.9 Å². The van der Waals surface area contributed by atoms with Gasteiger partial charge in [0.25, 0.3) is 5.91 Å². The molecule has 17 N–H and O–H groups in total. The van der Waals surface area contributed by atoms with Gasteiger partial charge in [-0.15, -0.1) is 11.3 Å². The average Bonchev–Trinajstić information content (AvgIpc) is 3.73. The van der Waals surface area contributed by atoms with Gasteiger partial charge in [0.15, 0.2) is 5.96 Å². The van der Waals surface area contributed by atoms with Crippen LogP contribution in [-0.4, -0.2) is 110 Å². The monoisotopic (exact) mass is 810 g/mol. The number of amides is 8. The lowest BCUT2D eigenvalue weighted by Crippen LogP contribution is -2.63. The Morgan fingerprint density at radius 1 is 1.00 bits per heavy atom. The highest BCUT2D eigenvalue weighted by atomic mass is 32.1.